The van der Waals surface area contributed by atoms with E-state index in [0.29, 0.717) is 16.5 Å². The third-order valence-electron chi connectivity index (χ3n) is 3.99. The number of pyridine rings is 1. The zero-order valence-electron chi connectivity index (χ0n) is 13.4. The van der Waals surface area contributed by atoms with E-state index in [9.17, 15) is 14.0 Å². The molecule has 0 saturated heterocycles. The number of aromatic nitrogens is 1. The average Bonchev–Trinajstić information content (AvgIpc) is 2.54. The second kappa shape index (κ2) is 6.24. The van der Waals surface area contributed by atoms with Crippen LogP contribution in [0.1, 0.15) is 27.0 Å². The molecule has 4 heteroatoms. The molecule has 0 radical (unpaired) electrons. The standard InChI is InChI=1S/C20H16FNO2/c1-12-3-5-14(6-4-12)7-10-18(23)19-13(2)16-9-8-15(21)11-17(16)22-20(19)24/h3-11H,1-2H3,(H,22,24)/b10-7+. The molecule has 0 unspecified atom stereocenters. The highest BCUT2D eigenvalue weighted by molar-refractivity contribution is 6.09. The number of carbonyl (C=O) groups is 1. The molecular formula is C20H16FNO2. The highest BCUT2D eigenvalue weighted by atomic mass is 19.1. The summed E-state index contributed by atoms with van der Waals surface area (Å²) in [6.07, 6.45) is 3.06. The topological polar surface area (TPSA) is 49.9 Å². The van der Waals surface area contributed by atoms with Gasteiger partial charge in [0.2, 0.25) is 0 Å². The summed E-state index contributed by atoms with van der Waals surface area (Å²) in [7, 11) is 0. The molecule has 1 N–H and O–H groups in total. The number of fused-ring (bicyclic) bond motifs is 1. The van der Waals surface area contributed by atoms with Crippen molar-refractivity contribution in [3.8, 4) is 0 Å². The van der Waals surface area contributed by atoms with Crippen LogP contribution in [-0.2, 0) is 0 Å². The number of rotatable bonds is 3. The molecule has 3 aromatic rings. The van der Waals surface area contributed by atoms with Crippen LogP contribution in [0.25, 0.3) is 17.0 Å². The van der Waals surface area contributed by atoms with Gasteiger partial charge in [-0.1, -0.05) is 35.9 Å². The lowest BCUT2D eigenvalue weighted by atomic mass is 10.0. The van der Waals surface area contributed by atoms with Crippen LogP contribution in [0.2, 0.25) is 0 Å². The van der Waals surface area contributed by atoms with Crippen LogP contribution < -0.4 is 5.56 Å². The number of aryl methyl sites for hydroxylation is 2. The molecule has 0 spiro atoms. The van der Waals surface area contributed by atoms with Crippen LogP contribution in [0, 0.1) is 19.7 Å². The Hall–Kier alpha value is -3.01. The lowest BCUT2D eigenvalue weighted by Crippen LogP contribution is -2.18. The summed E-state index contributed by atoms with van der Waals surface area (Å²) in [4.78, 5) is 27.3. The molecule has 0 aliphatic rings. The molecule has 0 aliphatic heterocycles. The normalized spacial score (nSPS) is 11.3. The van der Waals surface area contributed by atoms with E-state index >= 15 is 0 Å². The highest BCUT2D eigenvalue weighted by Crippen LogP contribution is 2.19. The summed E-state index contributed by atoms with van der Waals surface area (Å²) in [6.45, 7) is 3.68. The molecule has 3 rings (SSSR count). The van der Waals surface area contributed by atoms with E-state index < -0.39 is 11.4 Å². The fourth-order valence-electron chi connectivity index (χ4n) is 2.67. The fraction of sp³-hybridized carbons (Fsp3) is 0.100. The number of nitrogens with one attached hydrogen (secondary N) is 1. The first-order valence-corrected chi connectivity index (χ1v) is 7.57. The van der Waals surface area contributed by atoms with Crippen molar-refractivity contribution in [3.63, 3.8) is 0 Å². The molecule has 0 bridgehead atoms. The van der Waals surface area contributed by atoms with Gasteiger partial charge in [0.1, 0.15) is 5.82 Å². The van der Waals surface area contributed by atoms with Gasteiger partial charge in [-0.15, -0.1) is 0 Å². The predicted octanol–water partition coefficient (Wildman–Crippen LogP) is 4.18. The largest absolute Gasteiger partial charge is 0.321 e. The number of allylic oxidation sites excluding steroid dienone is 1. The lowest BCUT2D eigenvalue weighted by Gasteiger charge is -2.06. The Labute approximate surface area is 138 Å². The minimum absolute atomic E-state index is 0.0810. The fourth-order valence-corrected chi connectivity index (χ4v) is 2.67. The SMILES string of the molecule is Cc1ccc(/C=C/C(=O)c2c(C)c3ccc(F)cc3[nH]c2=O)cc1. The van der Waals surface area contributed by atoms with Crippen molar-refractivity contribution in [3.05, 3.63) is 87.0 Å². The first-order chi connectivity index (χ1) is 11.5. The van der Waals surface area contributed by atoms with E-state index in [1.165, 1.54) is 18.2 Å². The van der Waals surface area contributed by atoms with Crippen LogP contribution >= 0.6 is 0 Å². The number of benzene rings is 2. The number of ketones is 1. The van der Waals surface area contributed by atoms with Gasteiger partial charge in [0.05, 0.1) is 11.1 Å². The molecule has 1 heterocycles. The maximum absolute atomic E-state index is 13.3. The second-order valence-electron chi connectivity index (χ2n) is 5.75. The van der Waals surface area contributed by atoms with Crippen LogP contribution in [0.3, 0.4) is 0 Å². The first kappa shape index (κ1) is 15.9. The monoisotopic (exact) mass is 321 g/mol. The van der Waals surface area contributed by atoms with Gasteiger partial charge >= 0.3 is 0 Å². The maximum Gasteiger partial charge on any atom is 0.259 e. The lowest BCUT2D eigenvalue weighted by molar-refractivity contribution is 0.104. The number of aromatic amines is 1. The third-order valence-corrected chi connectivity index (χ3v) is 3.99. The highest BCUT2D eigenvalue weighted by Gasteiger charge is 2.14. The number of hydrogen-bond donors (Lipinski definition) is 1. The molecular weight excluding hydrogens is 305 g/mol. The van der Waals surface area contributed by atoms with Crippen molar-refractivity contribution < 1.29 is 9.18 Å². The molecule has 24 heavy (non-hydrogen) atoms. The molecule has 120 valence electrons. The Morgan fingerprint density at radius 3 is 2.50 bits per heavy atom. The van der Waals surface area contributed by atoms with Gasteiger partial charge < -0.3 is 4.98 Å². The van der Waals surface area contributed by atoms with Crippen molar-refractivity contribution in [2.24, 2.45) is 0 Å². The minimum atomic E-state index is -0.510. The number of halogens is 1. The summed E-state index contributed by atoms with van der Waals surface area (Å²) in [5, 5.41) is 0.656. The third kappa shape index (κ3) is 3.04. The maximum atomic E-state index is 13.3. The minimum Gasteiger partial charge on any atom is -0.321 e. The molecule has 0 fully saturated rings. The van der Waals surface area contributed by atoms with Crippen LogP contribution in [0.4, 0.5) is 4.39 Å². The van der Waals surface area contributed by atoms with Gasteiger partial charge in [-0.05, 0) is 49.2 Å². The molecule has 2 aromatic carbocycles. The van der Waals surface area contributed by atoms with Gasteiger partial charge in [0.15, 0.2) is 5.78 Å². The Bertz CT molecular complexity index is 1010. The zero-order chi connectivity index (χ0) is 17.3. The van der Waals surface area contributed by atoms with E-state index in [4.69, 9.17) is 0 Å². The molecule has 3 nitrogen and oxygen atoms in total. The van der Waals surface area contributed by atoms with Gasteiger partial charge in [-0.2, -0.15) is 0 Å². The average molecular weight is 321 g/mol. The smallest absolute Gasteiger partial charge is 0.259 e. The van der Waals surface area contributed by atoms with Crippen molar-refractivity contribution in [1.82, 2.24) is 4.98 Å². The van der Waals surface area contributed by atoms with Crippen LogP contribution in [0.5, 0.6) is 0 Å². The van der Waals surface area contributed by atoms with E-state index in [1.807, 2.05) is 31.2 Å². The van der Waals surface area contributed by atoms with Gasteiger partial charge in [0, 0.05) is 5.39 Å². The molecule has 1 aromatic heterocycles. The van der Waals surface area contributed by atoms with Crippen molar-refractivity contribution in [2.45, 2.75) is 13.8 Å². The van der Waals surface area contributed by atoms with Gasteiger partial charge in [-0.3, -0.25) is 9.59 Å². The Balaban J connectivity index is 2.02. The van der Waals surface area contributed by atoms with Crippen LogP contribution in [0.15, 0.2) is 53.3 Å². The van der Waals surface area contributed by atoms with Crippen molar-refractivity contribution in [2.75, 3.05) is 0 Å². The van der Waals surface area contributed by atoms with Crippen molar-refractivity contribution >= 4 is 22.8 Å². The number of hydrogen-bond acceptors (Lipinski definition) is 2. The Kier molecular flexibility index (Phi) is 4.13. The molecule has 0 saturated carbocycles. The molecule has 0 aliphatic carbocycles. The van der Waals surface area contributed by atoms with Crippen molar-refractivity contribution in [1.29, 1.82) is 0 Å². The molecule has 0 atom stereocenters. The summed E-state index contributed by atoms with van der Waals surface area (Å²) >= 11 is 0. The zero-order valence-corrected chi connectivity index (χ0v) is 13.4. The Morgan fingerprint density at radius 2 is 1.79 bits per heavy atom. The predicted molar refractivity (Wildman–Crippen MR) is 93.8 cm³/mol. The van der Waals surface area contributed by atoms with E-state index in [1.54, 1.807) is 19.1 Å². The first-order valence-electron chi connectivity index (χ1n) is 7.57. The van der Waals surface area contributed by atoms with Gasteiger partial charge in [-0.25, -0.2) is 4.39 Å². The second-order valence-corrected chi connectivity index (χ2v) is 5.75. The Morgan fingerprint density at radius 1 is 1.08 bits per heavy atom. The van der Waals surface area contributed by atoms with E-state index in [-0.39, 0.29) is 11.3 Å². The number of carbonyl (C=O) groups excluding carboxylic acids is 1. The summed E-state index contributed by atoms with van der Waals surface area (Å²) < 4.78 is 13.3. The number of H-pyrrole nitrogens is 1. The van der Waals surface area contributed by atoms with Crippen LogP contribution in [-0.4, -0.2) is 10.8 Å². The van der Waals surface area contributed by atoms with E-state index in [2.05, 4.69) is 4.98 Å². The summed E-state index contributed by atoms with van der Waals surface area (Å²) in [5.74, 6) is -0.809. The molecule has 0 amide bonds. The summed E-state index contributed by atoms with van der Waals surface area (Å²) in [6, 6.07) is 11.8. The quantitative estimate of drug-likeness (QED) is 0.581. The van der Waals surface area contributed by atoms with Gasteiger partial charge in [0.25, 0.3) is 5.56 Å². The summed E-state index contributed by atoms with van der Waals surface area (Å²) in [5.41, 5.74) is 2.52. The van der Waals surface area contributed by atoms with E-state index in [0.717, 1.165) is 11.1 Å².